The number of hydrogen-bond donors (Lipinski definition) is 1. The summed E-state index contributed by atoms with van der Waals surface area (Å²) in [6.45, 7) is 2.05. The quantitative estimate of drug-likeness (QED) is 0.769. The van der Waals surface area contributed by atoms with Gasteiger partial charge in [-0.1, -0.05) is 25.8 Å². The van der Waals surface area contributed by atoms with Crippen molar-refractivity contribution in [2.24, 2.45) is 5.92 Å². The molecule has 0 saturated heterocycles. The predicted molar refractivity (Wildman–Crippen MR) is 80.7 cm³/mol. The van der Waals surface area contributed by atoms with Gasteiger partial charge in [0.2, 0.25) is 0 Å². The van der Waals surface area contributed by atoms with Crippen molar-refractivity contribution in [3.8, 4) is 5.75 Å². The number of hydrogen-bond acceptors (Lipinski definition) is 4. The number of aliphatic hydroxyl groups is 1. The lowest BCUT2D eigenvalue weighted by atomic mass is 9.91. The number of aliphatic hydroxyl groups excluding tert-OH is 1. The average molecular weight is 345 g/mol. The molecule has 1 rings (SSSR count). The molecule has 20 heavy (non-hydrogen) atoms. The van der Waals surface area contributed by atoms with E-state index in [9.17, 15) is 9.90 Å². The van der Waals surface area contributed by atoms with Gasteiger partial charge in [-0.05, 0) is 40.0 Å². The normalized spacial score (nSPS) is 13.7. The molecule has 0 fully saturated rings. The van der Waals surface area contributed by atoms with Crippen molar-refractivity contribution in [2.75, 3.05) is 14.2 Å². The highest BCUT2D eigenvalue weighted by atomic mass is 79.9. The minimum absolute atomic E-state index is 0.377. The van der Waals surface area contributed by atoms with E-state index in [0.29, 0.717) is 17.7 Å². The summed E-state index contributed by atoms with van der Waals surface area (Å²) < 4.78 is 10.7. The average Bonchev–Trinajstić information content (AvgIpc) is 2.46. The van der Waals surface area contributed by atoms with Crippen LogP contribution in [0.4, 0.5) is 0 Å². The molecule has 0 heterocycles. The Hall–Kier alpha value is -1.07. The van der Waals surface area contributed by atoms with Gasteiger partial charge in [0.15, 0.2) is 0 Å². The summed E-state index contributed by atoms with van der Waals surface area (Å²) in [4.78, 5) is 11.8. The van der Waals surface area contributed by atoms with E-state index in [-0.39, 0.29) is 5.97 Å². The maximum atomic E-state index is 11.8. The van der Waals surface area contributed by atoms with Gasteiger partial charge in [0.25, 0.3) is 0 Å². The lowest BCUT2D eigenvalue weighted by molar-refractivity contribution is -0.150. The third kappa shape index (κ3) is 4.21. The third-order valence-electron chi connectivity index (χ3n) is 3.27. The first-order valence-electron chi connectivity index (χ1n) is 6.64. The molecule has 0 aliphatic heterocycles. The van der Waals surface area contributed by atoms with E-state index >= 15 is 0 Å². The van der Waals surface area contributed by atoms with Gasteiger partial charge in [-0.3, -0.25) is 4.79 Å². The summed E-state index contributed by atoms with van der Waals surface area (Å²) in [6, 6.07) is 5.29. The van der Waals surface area contributed by atoms with Crippen molar-refractivity contribution in [1.29, 1.82) is 0 Å². The van der Waals surface area contributed by atoms with Gasteiger partial charge in [0.05, 0.1) is 30.7 Å². The van der Waals surface area contributed by atoms with E-state index in [0.717, 1.165) is 17.3 Å². The van der Waals surface area contributed by atoms with Gasteiger partial charge in [-0.25, -0.2) is 0 Å². The molecule has 1 aromatic rings. The molecule has 0 aliphatic rings. The number of methoxy groups -OCH3 is 2. The zero-order chi connectivity index (χ0) is 15.1. The van der Waals surface area contributed by atoms with Crippen molar-refractivity contribution >= 4 is 21.9 Å². The zero-order valence-corrected chi connectivity index (χ0v) is 13.6. The fraction of sp³-hybridized carbons (Fsp3) is 0.533. The van der Waals surface area contributed by atoms with Crippen LogP contribution in [0, 0.1) is 5.92 Å². The number of carbonyl (C=O) groups excluding carboxylic acids is 1. The van der Waals surface area contributed by atoms with Crippen LogP contribution in [0.15, 0.2) is 22.7 Å². The molecule has 2 unspecified atom stereocenters. The molecule has 1 aromatic carbocycles. The molecule has 0 bridgehead atoms. The highest BCUT2D eigenvalue weighted by Gasteiger charge is 2.28. The molecule has 2 atom stereocenters. The molecule has 0 aromatic heterocycles. The van der Waals surface area contributed by atoms with E-state index in [2.05, 4.69) is 15.9 Å². The second kappa shape index (κ2) is 8.27. The van der Waals surface area contributed by atoms with Gasteiger partial charge in [0.1, 0.15) is 5.75 Å². The van der Waals surface area contributed by atoms with Crippen molar-refractivity contribution < 1.29 is 19.4 Å². The molecule has 112 valence electrons. The number of esters is 1. The predicted octanol–water partition coefficient (Wildman–Crippen LogP) is 3.47. The largest absolute Gasteiger partial charge is 0.496 e. The van der Waals surface area contributed by atoms with Crippen LogP contribution in [-0.4, -0.2) is 25.3 Å². The van der Waals surface area contributed by atoms with Crippen molar-refractivity contribution in [3.05, 3.63) is 28.2 Å². The maximum Gasteiger partial charge on any atom is 0.311 e. The highest BCUT2D eigenvalue weighted by Crippen LogP contribution is 2.32. The molecule has 0 amide bonds. The fourth-order valence-corrected chi connectivity index (χ4v) is 2.64. The second-order valence-electron chi connectivity index (χ2n) is 4.61. The minimum atomic E-state index is -0.879. The maximum absolute atomic E-state index is 11.8. The Bertz CT molecular complexity index is 447. The summed E-state index contributed by atoms with van der Waals surface area (Å²) in [5.74, 6) is -0.234. The molecule has 5 heteroatoms. The van der Waals surface area contributed by atoms with Crippen LogP contribution in [0.2, 0.25) is 0 Å². The van der Waals surface area contributed by atoms with Crippen molar-refractivity contribution in [2.45, 2.75) is 32.3 Å². The fourth-order valence-electron chi connectivity index (χ4n) is 2.08. The summed E-state index contributed by atoms with van der Waals surface area (Å²) in [6.07, 6.45) is 1.56. The third-order valence-corrected chi connectivity index (χ3v) is 3.89. The summed E-state index contributed by atoms with van der Waals surface area (Å²) >= 11 is 3.38. The zero-order valence-electron chi connectivity index (χ0n) is 12.1. The van der Waals surface area contributed by atoms with Gasteiger partial charge in [-0.2, -0.15) is 0 Å². The Morgan fingerprint density at radius 3 is 2.60 bits per heavy atom. The molecule has 1 N–H and O–H groups in total. The van der Waals surface area contributed by atoms with Crippen LogP contribution in [0.3, 0.4) is 0 Å². The Morgan fingerprint density at radius 2 is 2.10 bits per heavy atom. The Kier molecular flexibility index (Phi) is 7.02. The van der Waals surface area contributed by atoms with Gasteiger partial charge < -0.3 is 14.6 Å². The topological polar surface area (TPSA) is 55.8 Å². The highest BCUT2D eigenvalue weighted by molar-refractivity contribution is 9.10. The summed E-state index contributed by atoms with van der Waals surface area (Å²) in [5, 5.41) is 10.4. The monoisotopic (exact) mass is 344 g/mol. The van der Waals surface area contributed by atoms with Gasteiger partial charge in [-0.15, -0.1) is 0 Å². The first kappa shape index (κ1) is 17.0. The summed E-state index contributed by atoms with van der Waals surface area (Å²) in [7, 11) is 2.92. The number of benzene rings is 1. The summed E-state index contributed by atoms with van der Waals surface area (Å²) in [5.41, 5.74) is 0.671. The van der Waals surface area contributed by atoms with E-state index in [1.54, 1.807) is 25.3 Å². The smallest absolute Gasteiger partial charge is 0.311 e. The second-order valence-corrected chi connectivity index (χ2v) is 5.47. The van der Waals surface area contributed by atoms with Crippen LogP contribution in [0.5, 0.6) is 5.75 Å². The molecule has 0 saturated carbocycles. The molecular weight excluding hydrogens is 324 g/mol. The number of rotatable bonds is 7. The molecular formula is C15H21BrO4. The van der Waals surface area contributed by atoms with Crippen molar-refractivity contribution in [1.82, 2.24) is 0 Å². The molecule has 0 spiro atoms. The number of halogens is 1. The number of ether oxygens (including phenoxy) is 2. The van der Waals surface area contributed by atoms with Crippen LogP contribution in [0.25, 0.3) is 0 Å². The van der Waals surface area contributed by atoms with Gasteiger partial charge in [0, 0.05) is 0 Å². The first-order valence-corrected chi connectivity index (χ1v) is 7.43. The standard InChI is InChI=1S/C15H21BrO4/c1-4-5-6-11(15(18)20-3)14(17)10-7-8-13(19-2)12(16)9-10/h7-9,11,14,17H,4-6H2,1-3H3. The number of unbranched alkanes of at least 4 members (excludes halogenated alkanes) is 1. The van der Waals surface area contributed by atoms with Crippen LogP contribution < -0.4 is 4.74 Å². The lowest BCUT2D eigenvalue weighted by Crippen LogP contribution is -2.23. The van der Waals surface area contributed by atoms with E-state index in [4.69, 9.17) is 9.47 Å². The molecule has 4 nitrogen and oxygen atoms in total. The van der Waals surface area contributed by atoms with Crippen LogP contribution in [0.1, 0.15) is 37.9 Å². The Morgan fingerprint density at radius 1 is 1.40 bits per heavy atom. The minimum Gasteiger partial charge on any atom is -0.496 e. The molecule has 0 aliphatic carbocycles. The van der Waals surface area contributed by atoms with Crippen LogP contribution >= 0.6 is 15.9 Å². The lowest BCUT2D eigenvalue weighted by Gasteiger charge is -2.21. The number of carbonyl (C=O) groups is 1. The SMILES string of the molecule is CCCCC(C(=O)OC)C(O)c1ccc(OC)c(Br)c1. The molecule has 0 radical (unpaired) electrons. The van der Waals surface area contributed by atoms with E-state index < -0.39 is 12.0 Å². The Labute approximate surface area is 128 Å². The first-order chi connectivity index (χ1) is 9.54. The van der Waals surface area contributed by atoms with Crippen molar-refractivity contribution in [3.63, 3.8) is 0 Å². The van der Waals surface area contributed by atoms with Crippen LogP contribution in [-0.2, 0) is 9.53 Å². The van der Waals surface area contributed by atoms with E-state index in [1.807, 2.05) is 6.92 Å². The van der Waals surface area contributed by atoms with E-state index in [1.165, 1.54) is 7.11 Å². The Balaban J connectivity index is 2.95. The van der Waals surface area contributed by atoms with Gasteiger partial charge >= 0.3 is 5.97 Å².